The quantitative estimate of drug-likeness (QED) is 0.135. The fourth-order valence-electron chi connectivity index (χ4n) is 17.0. The lowest BCUT2D eigenvalue weighted by atomic mass is 9.33. The minimum absolute atomic E-state index is 0.224. The second kappa shape index (κ2) is 23.5. The molecule has 20 rings (SSSR count). The van der Waals surface area contributed by atoms with Gasteiger partial charge in [0.05, 0.1) is 28.1 Å². The molecule has 0 saturated carbocycles. The van der Waals surface area contributed by atoms with Crippen LogP contribution in [0.25, 0.3) is 138 Å². The number of hydrogen-bond acceptors (Lipinski definition) is 4. The van der Waals surface area contributed by atoms with Gasteiger partial charge < -0.3 is 23.2 Å². The molecule has 0 saturated heterocycles. The summed E-state index contributed by atoms with van der Waals surface area (Å²) >= 11 is 0. The maximum Gasteiger partial charge on any atom is 0.252 e. The second-order valence-electron chi connectivity index (χ2n) is 30.3. The van der Waals surface area contributed by atoms with Gasteiger partial charge in [0.25, 0.3) is 6.71 Å². The minimum Gasteiger partial charge on any atom is -0.456 e. The van der Waals surface area contributed by atoms with Crippen LogP contribution in [0.3, 0.4) is 0 Å². The van der Waals surface area contributed by atoms with Crippen molar-refractivity contribution in [3.05, 3.63) is 339 Å². The monoisotopic (exact) mass is 1330 g/mol. The normalized spacial score (nSPS) is 12.8. The highest BCUT2D eigenvalue weighted by molar-refractivity contribution is 7.00. The summed E-state index contributed by atoms with van der Waals surface area (Å²) in [6.45, 7) is 13.7. The minimum atomic E-state index is -0.380. The third-order valence-electron chi connectivity index (χ3n) is 22.0. The number of fused-ring (bicyclic) bond motifs is 13. The van der Waals surface area contributed by atoms with Gasteiger partial charge in [-0.1, -0.05) is 284 Å². The first-order chi connectivity index (χ1) is 50.9. The van der Waals surface area contributed by atoms with Crippen LogP contribution in [0.5, 0.6) is 0 Å². The maximum absolute atomic E-state index is 7.23. The van der Waals surface area contributed by atoms with Crippen LogP contribution >= 0.6 is 0 Å². The Labute approximate surface area is 605 Å². The average molecular weight is 1330 g/mol. The van der Waals surface area contributed by atoms with E-state index in [2.05, 4.69) is 383 Å². The van der Waals surface area contributed by atoms with Crippen molar-refractivity contribution in [2.24, 2.45) is 0 Å². The first kappa shape index (κ1) is 61.3. The summed E-state index contributed by atoms with van der Waals surface area (Å²) in [7, 11) is 0. The van der Waals surface area contributed by atoms with Crippen molar-refractivity contribution >= 4 is 123 Å². The van der Waals surface area contributed by atoms with Gasteiger partial charge >= 0.3 is 0 Å². The molecule has 0 fully saturated rings. The predicted molar refractivity (Wildman–Crippen MR) is 439 cm³/mol. The Morgan fingerprint density at radius 2 is 0.663 bits per heavy atom. The first-order valence-corrected chi connectivity index (χ1v) is 36.3. The van der Waals surface area contributed by atoms with Gasteiger partial charge in [-0.3, -0.25) is 0 Å². The van der Waals surface area contributed by atoms with Gasteiger partial charge in [-0.2, -0.15) is 0 Å². The van der Waals surface area contributed by atoms with Crippen LogP contribution in [0.2, 0.25) is 0 Å². The van der Waals surface area contributed by atoms with Crippen molar-refractivity contribution < 1.29 is 8.83 Å². The summed E-state index contributed by atoms with van der Waals surface area (Å²) in [6, 6.07) is 122. The first-order valence-electron chi connectivity index (χ1n) is 36.3. The molecule has 0 atom stereocenters. The highest BCUT2D eigenvalue weighted by Gasteiger charge is 2.47. The van der Waals surface area contributed by atoms with E-state index in [4.69, 9.17) is 8.83 Å². The van der Waals surface area contributed by atoms with Crippen LogP contribution in [0.4, 0.5) is 34.1 Å². The van der Waals surface area contributed by atoms with Gasteiger partial charge in [-0.05, 0) is 157 Å². The van der Waals surface area contributed by atoms with Crippen molar-refractivity contribution in [2.45, 2.75) is 52.4 Å². The third kappa shape index (κ3) is 9.62. The molecule has 0 radical (unpaired) electrons. The number of anilines is 6. The van der Waals surface area contributed by atoms with Gasteiger partial charge in [0.15, 0.2) is 0 Å². The Morgan fingerprint density at radius 3 is 1.18 bits per heavy atom. The third-order valence-corrected chi connectivity index (χ3v) is 22.0. The van der Waals surface area contributed by atoms with Crippen molar-refractivity contribution in [2.75, 3.05) is 9.80 Å². The molecular weight excluding hydrogens is 1260 g/mol. The molecule has 0 aliphatic carbocycles. The smallest absolute Gasteiger partial charge is 0.252 e. The molecule has 494 valence electrons. The molecule has 5 heterocycles. The molecule has 104 heavy (non-hydrogen) atoms. The van der Waals surface area contributed by atoms with Crippen molar-refractivity contribution in [1.29, 1.82) is 0 Å². The van der Waals surface area contributed by atoms with E-state index < -0.39 is 0 Å². The summed E-state index contributed by atoms with van der Waals surface area (Å²) in [4.78, 5) is 5.38. The Morgan fingerprint density at radius 1 is 0.260 bits per heavy atom. The number of nitrogens with zero attached hydrogens (tertiary/aromatic N) is 3. The molecule has 0 unspecified atom stereocenters. The van der Waals surface area contributed by atoms with Crippen molar-refractivity contribution in [1.82, 2.24) is 4.57 Å². The van der Waals surface area contributed by atoms with E-state index >= 15 is 0 Å². The van der Waals surface area contributed by atoms with Crippen molar-refractivity contribution in [3.8, 4) is 72.4 Å². The number of furan rings is 2. The highest BCUT2D eigenvalue weighted by atomic mass is 16.3. The van der Waals surface area contributed by atoms with E-state index in [1.165, 1.54) is 27.4 Å². The SMILES string of the molecule is CC(C)(C)c1cc(-c2ccccc2)c(N2c3cc4c(cc3B3c5cc6c(cc5N(c5c(-c7ccccc7)cc(C(C)(C)C)cc5-c5ccccc5)c5cc(-c7cccc8c7oc7ccccc78)cc2c53)c2ccccc2n6-c2ccccc2-c2ccccc2)oc2ccccc24)c(-c2ccccc2)c1. The largest absolute Gasteiger partial charge is 0.456 e. The number of hydrogen-bond donors (Lipinski definition) is 0. The molecule has 6 heteroatoms. The Bertz CT molecular complexity index is 6360. The lowest BCUT2D eigenvalue weighted by molar-refractivity contribution is 0.590. The number of para-hydroxylation sites is 5. The molecule has 2 aliphatic heterocycles. The van der Waals surface area contributed by atoms with Gasteiger partial charge in [-0.25, -0.2) is 0 Å². The van der Waals surface area contributed by atoms with E-state index in [0.717, 1.165) is 172 Å². The van der Waals surface area contributed by atoms with Crippen LogP contribution < -0.4 is 26.2 Å². The molecule has 0 amide bonds. The van der Waals surface area contributed by atoms with Gasteiger partial charge in [0.2, 0.25) is 0 Å². The summed E-state index contributed by atoms with van der Waals surface area (Å²) in [5, 5.41) is 6.58. The second-order valence-corrected chi connectivity index (χ2v) is 30.3. The molecule has 0 N–H and O–H groups in total. The zero-order chi connectivity index (χ0) is 69.7. The summed E-state index contributed by atoms with van der Waals surface area (Å²) in [5.41, 5.74) is 32.0. The van der Waals surface area contributed by atoms with E-state index in [-0.39, 0.29) is 17.5 Å². The summed E-state index contributed by atoms with van der Waals surface area (Å²) in [6.07, 6.45) is 0. The number of aromatic nitrogens is 1. The molecule has 18 aromatic rings. The highest BCUT2D eigenvalue weighted by Crippen LogP contribution is 2.57. The van der Waals surface area contributed by atoms with Crippen LogP contribution in [0.15, 0.2) is 336 Å². The maximum atomic E-state index is 7.23. The topological polar surface area (TPSA) is 37.7 Å². The molecule has 5 nitrogen and oxygen atoms in total. The van der Waals surface area contributed by atoms with E-state index in [1.54, 1.807) is 0 Å². The number of rotatable bonds is 9. The molecule has 2 aliphatic rings. The fraction of sp³-hybridized carbons (Fsp3) is 0.0816. The molecule has 0 bridgehead atoms. The molecular formula is C98H72BN3O2. The fourth-order valence-corrected chi connectivity index (χ4v) is 17.0. The van der Waals surface area contributed by atoms with E-state index in [1.807, 2.05) is 0 Å². The Balaban J connectivity index is 1.02. The molecule has 15 aromatic carbocycles. The zero-order valence-corrected chi connectivity index (χ0v) is 58.9. The lowest BCUT2D eigenvalue weighted by Gasteiger charge is -2.46. The van der Waals surface area contributed by atoms with E-state index in [9.17, 15) is 0 Å². The van der Waals surface area contributed by atoms with Gasteiger partial charge in [0.1, 0.15) is 22.3 Å². The zero-order valence-electron chi connectivity index (χ0n) is 58.9. The molecule has 3 aromatic heterocycles. The average Bonchev–Trinajstić information content (AvgIpc) is 1.07. The van der Waals surface area contributed by atoms with Crippen LogP contribution in [0.1, 0.15) is 52.7 Å². The standard InChI is InChI=1S/C98H72BN3O2/c1-97(2,3)67-53-75(62-33-14-8-15-34-62)94(76(54-67)63-35-16-9-17-36-63)101-86-57-79-71-42-23-27-48-84(71)100(83-47-26-22-41-69(83)61-31-12-7-13-32-61)85(79)59-81(86)99-82-60-92-80(73-44-25-28-49-90(73)103-92)58-87(82)102(89-52-66(51-88(101)93(89)99)70-45-30-46-74-72-43-24-29-50-91(72)104-96(70)74)95-77(64-37-18-10-19-38-64)55-68(98(4,5)6)56-78(95)65-39-20-11-21-40-65/h7-60H,1-6H3. The van der Waals surface area contributed by atoms with E-state index in [0.29, 0.717) is 0 Å². The summed E-state index contributed by atoms with van der Waals surface area (Å²) < 4.78 is 17.0. The lowest BCUT2D eigenvalue weighted by Crippen LogP contribution is -2.61. The Hall–Kier alpha value is -12.6. The number of benzene rings is 15. The predicted octanol–water partition coefficient (Wildman–Crippen LogP) is 25.3. The summed E-state index contributed by atoms with van der Waals surface area (Å²) in [5.74, 6) is 0. The van der Waals surface area contributed by atoms with Crippen LogP contribution in [0, 0.1) is 0 Å². The van der Waals surface area contributed by atoms with Gasteiger partial charge in [-0.15, -0.1) is 0 Å². The Kier molecular flexibility index (Phi) is 13.8. The van der Waals surface area contributed by atoms with Crippen LogP contribution in [-0.2, 0) is 10.8 Å². The molecule has 0 spiro atoms. The van der Waals surface area contributed by atoms with Gasteiger partial charge in [0, 0.05) is 88.4 Å². The van der Waals surface area contributed by atoms with Crippen molar-refractivity contribution in [3.63, 3.8) is 0 Å². The van der Waals surface area contributed by atoms with Crippen LogP contribution in [-0.4, -0.2) is 11.3 Å².